The topological polar surface area (TPSA) is 32.3 Å². The first-order chi connectivity index (χ1) is 10.6. The van der Waals surface area contributed by atoms with Crippen molar-refractivity contribution in [1.82, 2.24) is 4.90 Å². The molecule has 118 valence electrons. The summed E-state index contributed by atoms with van der Waals surface area (Å²) in [4.78, 5) is 16.9. The number of hydrogen-bond donors (Lipinski definition) is 1. The van der Waals surface area contributed by atoms with Crippen LogP contribution in [-0.4, -0.2) is 23.9 Å². The molecule has 0 aliphatic carbocycles. The molecule has 0 bridgehead atoms. The molecule has 0 unspecified atom stereocenters. The molecule has 3 nitrogen and oxygen atoms in total. The molecule has 1 amide bonds. The fourth-order valence-electron chi connectivity index (χ4n) is 2.88. The van der Waals surface area contributed by atoms with Gasteiger partial charge in [-0.25, -0.2) is 0 Å². The molecule has 1 N–H and O–H groups in total. The SMILES string of the molecule is Cc1sc(NC(=O)c2cccs2)c(CN2CCCCC2)c1C. The van der Waals surface area contributed by atoms with Crippen molar-refractivity contribution >= 4 is 33.6 Å². The van der Waals surface area contributed by atoms with Gasteiger partial charge in [0.1, 0.15) is 5.00 Å². The quantitative estimate of drug-likeness (QED) is 0.881. The minimum Gasteiger partial charge on any atom is -0.313 e. The van der Waals surface area contributed by atoms with Gasteiger partial charge in [0, 0.05) is 17.0 Å². The molecule has 1 aliphatic heterocycles. The van der Waals surface area contributed by atoms with Crippen LogP contribution in [0.3, 0.4) is 0 Å². The van der Waals surface area contributed by atoms with Gasteiger partial charge in [-0.15, -0.1) is 22.7 Å². The highest BCUT2D eigenvalue weighted by molar-refractivity contribution is 7.17. The van der Waals surface area contributed by atoms with Crippen LogP contribution in [0.5, 0.6) is 0 Å². The number of piperidine rings is 1. The molecule has 1 saturated heterocycles. The maximum absolute atomic E-state index is 12.3. The van der Waals surface area contributed by atoms with Crippen molar-refractivity contribution in [2.75, 3.05) is 18.4 Å². The molecular weight excluding hydrogens is 312 g/mol. The third kappa shape index (κ3) is 3.42. The smallest absolute Gasteiger partial charge is 0.266 e. The Kier molecular flexibility index (Phi) is 4.96. The van der Waals surface area contributed by atoms with E-state index in [-0.39, 0.29) is 5.91 Å². The lowest BCUT2D eigenvalue weighted by molar-refractivity contribution is 0.103. The highest BCUT2D eigenvalue weighted by atomic mass is 32.1. The summed E-state index contributed by atoms with van der Waals surface area (Å²) in [6.07, 6.45) is 3.93. The van der Waals surface area contributed by atoms with Crippen molar-refractivity contribution in [2.24, 2.45) is 0 Å². The Bertz CT molecular complexity index is 640. The average molecular weight is 335 g/mol. The first-order valence-corrected chi connectivity index (χ1v) is 9.51. The Labute approximate surface area is 140 Å². The summed E-state index contributed by atoms with van der Waals surface area (Å²) in [6, 6.07) is 3.79. The van der Waals surface area contributed by atoms with Crippen LogP contribution in [0.15, 0.2) is 17.5 Å². The normalized spacial score (nSPS) is 15.9. The molecule has 0 spiro atoms. The van der Waals surface area contributed by atoms with Gasteiger partial charge in [-0.1, -0.05) is 12.5 Å². The summed E-state index contributed by atoms with van der Waals surface area (Å²) in [6.45, 7) is 7.61. The molecule has 22 heavy (non-hydrogen) atoms. The number of thiophene rings is 2. The van der Waals surface area contributed by atoms with Crippen LogP contribution in [0.2, 0.25) is 0 Å². The van der Waals surface area contributed by atoms with Crippen molar-refractivity contribution in [1.29, 1.82) is 0 Å². The third-order valence-corrected chi connectivity index (χ3v) is 6.35. The van der Waals surface area contributed by atoms with Crippen LogP contribution < -0.4 is 5.32 Å². The van der Waals surface area contributed by atoms with Gasteiger partial charge in [-0.05, 0) is 56.8 Å². The van der Waals surface area contributed by atoms with Crippen LogP contribution in [0.1, 0.15) is 44.9 Å². The lowest BCUT2D eigenvalue weighted by Gasteiger charge is -2.26. The van der Waals surface area contributed by atoms with E-state index in [1.165, 1.54) is 59.7 Å². The maximum atomic E-state index is 12.3. The standard InChI is InChI=1S/C17H22N2OS2/c1-12-13(2)22-17(18-16(20)15-7-6-10-21-15)14(12)11-19-8-4-3-5-9-19/h6-7,10H,3-5,8-9,11H2,1-2H3,(H,18,20). The van der Waals surface area contributed by atoms with Crippen LogP contribution in [0, 0.1) is 13.8 Å². The Hall–Kier alpha value is -1.17. The second-order valence-corrected chi connectivity index (χ2v) is 8.03. The van der Waals surface area contributed by atoms with Gasteiger partial charge >= 0.3 is 0 Å². The summed E-state index contributed by atoms with van der Waals surface area (Å²) in [7, 11) is 0. The van der Waals surface area contributed by atoms with Crippen molar-refractivity contribution in [2.45, 2.75) is 39.7 Å². The van der Waals surface area contributed by atoms with Crippen molar-refractivity contribution in [3.8, 4) is 0 Å². The lowest BCUT2D eigenvalue weighted by atomic mass is 10.1. The third-order valence-electron chi connectivity index (χ3n) is 4.31. The number of hydrogen-bond acceptors (Lipinski definition) is 4. The van der Waals surface area contributed by atoms with Crippen LogP contribution in [-0.2, 0) is 6.54 Å². The summed E-state index contributed by atoms with van der Waals surface area (Å²) < 4.78 is 0. The van der Waals surface area contributed by atoms with Gasteiger partial charge in [0.15, 0.2) is 0 Å². The van der Waals surface area contributed by atoms with Gasteiger partial charge < -0.3 is 5.32 Å². The molecular formula is C17H22N2OS2. The average Bonchev–Trinajstić information content (AvgIpc) is 3.14. The van der Waals surface area contributed by atoms with Crippen LogP contribution in [0.4, 0.5) is 5.00 Å². The monoisotopic (exact) mass is 334 g/mol. The first kappa shape index (κ1) is 15.7. The van der Waals surface area contributed by atoms with E-state index < -0.39 is 0 Å². The minimum atomic E-state index is 0.0103. The van der Waals surface area contributed by atoms with Gasteiger partial charge in [0.25, 0.3) is 5.91 Å². The number of anilines is 1. The fourth-order valence-corrected chi connectivity index (χ4v) is 4.56. The van der Waals surface area contributed by atoms with E-state index in [2.05, 4.69) is 24.1 Å². The summed E-state index contributed by atoms with van der Waals surface area (Å²) >= 11 is 3.19. The van der Waals surface area contributed by atoms with Crippen molar-refractivity contribution < 1.29 is 4.79 Å². The molecule has 5 heteroatoms. The maximum Gasteiger partial charge on any atom is 0.266 e. The van der Waals surface area contributed by atoms with E-state index in [1.54, 1.807) is 11.3 Å². The molecule has 1 aliphatic rings. The predicted molar refractivity (Wildman–Crippen MR) is 95.2 cm³/mol. The molecule has 3 heterocycles. The fraction of sp³-hybridized carbons (Fsp3) is 0.471. The molecule has 0 saturated carbocycles. The van der Waals surface area contributed by atoms with Gasteiger partial charge in [0.2, 0.25) is 0 Å². The zero-order valence-corrected chi connectivity index (χ0v) is 14.8. The Morgan fingerprint density at radius 1 is 1.27 bits per heavy atom. The molecule has 0 radical (unpaired) electrons. The van der Waals surface area contributed by atoms with E-state index >= 15 is 0 Å². The highest BCUT2D eigenvalue weighted by Crippen LogP contribution is 2.34. The number of aryl methyl sites for hydroxylation is 1. The first-order valence-electron chi connectivity index (χ1n) is 7.81. The number of nitrogens with zero attached hydrogens (tertiary/aromatic N) is 1. The summed E-state index contributed by atoms with van der Waals surface area (Å²) in [5.41, 5.74) is 2.63. The molecule has 0 aromatic carbocycles. The number of amides is 1. The van der Waals surface area contributed by atoms with Gasteiger partial charge in [-0.2, -0.15) is 0 Å². The molecule has 1 fully saturated rings. The zero-order valence-electron chi connectivity index (χ0n) is 13.1. The second-order valence-electron chi connectivity index (χ2n) is 5.86. The summed E-state index contributed by atoms with van der Waals surface area (Å²) in [5, 5.41) is 6.09. The second kappa shape index (κ2) is 6.94. The van der Waals surface area contributed by atoms with E-state index in [0.29, 0.717) is 0 Å². The predicted octanol–water partition coefficient (Wildman–Crippen LogP) is 4.66. The van der Waals surface area contributed by atoms with E-state index in [0.717, 1.165) is 16.4 Å². The number of likely N-dealkylation sites (tertiary alicyclic amines) is 1. The van der Waals surface area contributed by atoms with Crippen LogP contribution >= 0.6 is 22.7 Å². The Balaban J connectivity index is 1.78. The molecule has 0 atom stereocenters. The molecule has 2 aromatic rings. The minimum absolute atomic E-state index is 0.0103. The van der Waals surface area contributed by atoms with Crippen LogP contribution in [0.25, 0.3) is 0 Å². The number of rotatable bonds is 4. The van der Waals surface area contributed by atoms with Crippen molar-refractivity contribution in [3.63, 3.8) is 0 Å². The summed E-state index contributed by atoms with van der Waals surface area (Å²) in [5.74, 6) is 0.0103. The molecule has 3 rings (SSSR count). The number of nitrogens with one attached hydrogen (secondary N) is 1. The zero-order chi connectivity index (χ0) is 15.5. The van der Waals surface area contributed by atoms with Crippen molar-refractivity contribution in [3.05, 3.63) is 38.4 Å². The van der Waals surface area contributed by atoms with E-state index in [9.17, 15) is 4.79 Å². The lowest BCUT2D eigenvalue weighted by Crippen LogP contribution is -2.29. The Morgan fingerprint density at radius 2 is 2.05 bits per heavy atom. The molecule has 2 aromatic heterocycles. The highest BCUT2D eigenvalue weighted by Gasteiger charge is 2.19. The largest absolute Gasteiger partial charge is 0.313 e. The van der Waals surface area contributed by atoms with Gasteiger partial charge in [-0.3, -0.25) is 9.69 Å². The van der Waals surface area contributed by atoms with Gasteiger partial charge in [0.05, 0.1) is 4.88 Å². The van der Waals surface area contributed by atoms with E-state index in [4.69, 9.17) is 0 Å². The Morgan fingerprint density at radius 3 is 2.73 bits per heavy atom. The van der Waals surface area contributed by atoms with E-state index in [1.807, 2.05) is 17.5 Å². The number of carbonyl (C=O) groups excluding carboxylic acids is 1. The number of carbonyl (C=O) groups is 1.